The number of quaternary nitrogens is 1. The number of para-hydroxylation sites is 2. The van der Waals surface area contributed by atoms with E-state index in [1.807, 2.05) is 44.2 Å². The number of carbonyl (C=O) groups excluding carboxylic acids is 2. The number of hydrogen-bond acceptors (Lipinski definition) is 4. The fraction of sp³-hybridized carbons (Fsp3) is 0.364. The molecular weight excluding hydrogens is 370 g/mol. The van der Waals surface area contributed by atoms with E-state index in [4.69, 9.17) is 9.47 Å². The van der Waals surface area contributed by atoms with Crippen molar-refractivity contribution in [2.45, 2.75) is 13.8 Å². The number of benzene rings is 2. The van der Waals surface area contributed by atoms with Gasteiger partial charge in [-0.3, -0.25) is 9.59 Å². The second-order valence-electron chi connectivity index (χ2n) is 6.89. The van der Waals surface area contributed by atoms with Gasteiger partial charge >= 0.3 is 0 Å². The Morgan fingerprint density at radius 2 is 1.52 bits per heavy atom. The summed E-state index contributed by atoms with van der Waals surface area (Å²) < 4.78 is 10.4. The summed E-state index contributed by atoms with van der Waals surface area (Å²) >= 11 is 0. The second-order valence-corrected chi connectivity index (χ2v) is 6.89. The molecule has 0 aliphatic heterocycles. The van der Waals surface area contributed by atoms with E-state index in [0.29, 0.717) is 24.6 Å². The zero-order valence-corrected chi connectivity index (χ0v) is 17.5. The molecule has 1 unspecified atom stereocenters. The highest BCUT2D eigenvalue weighted by Crippen LogP contribution is 2.22. The van der Waals surface area contributed by atoms with Crippen molar-refractivity contribution < 1.29 is 24.0 Å². The van der Waals surface area contributed by atoms with E-state index in [9.17, 15) is 9.59 Å². The van der Waals surface area contributed by atoms with Gasteiger partial charge in [-0.25, -0.2) is 0 Å². The number of aryl methyl sites for hydroxylation is 1. The summed E-state index contributed by atoms with van der Waals surface area (Å²) in [5.74, 6) is 0.252. The molecule has 2 aromatic carbocycles. The van der Waals surface area contributed by atoms with Crippen LogP contribution in [0.1, 0.15) is 11.1 Å². The van der Waals surface area contributed by atoms with E-state index in [0.717, 1.165) is 21.7 Å². The fourth-order valence-electron chi connectivity index (χ4n) is 2.96. The summed E-state index contributed by atoms with van der Waals surface area (Å²) in [5, 5.41) is 5.80. The SMILES string of the molecule is COCC[NH+](CC(=O)Nc1ccccc1OC)CC(=O)Nc1cccc(C)c1C. The normalized spacial score (nSPS) is 11.6. The van der Waals surface area contributed by atoms with Gasteiger partial charge in [0.2, 0.25) is 0 Å². The molecule has 2 amide bonds. The maximum absolute atomic E-state index is 12.6. The molecule has 0 heterocycles. The molecule has 29 heavy (non-hydrogen) atoms. The van der Waals surface area contributed by atoms with Crippen molar-refractivity contribution in [1.82, 2.24) is 0 Å². The van der Waals surface area contributed by atoms with Crippen LogP contribution in [0.4, 0.5) is 11.4 Å². The third kappa shape index (κ3) is 6.89. The van der Waals surface area contributed by atoms with Gasteiger partial charge < -0.3 is 25.0 Å². The van der Waals surface area contributed by atoms with Gasteiger partial charge in [0.05, 0.1) is 19.4 Å². The number of hydrogen-bond donors (Lipinski definition) is 3. The van der Waals surface area contributed by atoms with Gasteiger partial charge in [-0.2, -0.15) is 0 Å². The molecule has 0 aliphatic carbocycles. The van der Waals surface area contributed by atoms with Crippen molar-refractivity contribution in [2.75, 3.05) is 51.1 Å². The maximum atomic E-state index is 12.6. The summed E-state index contributed by atoms with van der Waals surface area (Å²) in [6, 6.07) is 13.0. The van der Waals surface area contributed by atoms with Crippen LogP contribution in [0.3, 0.4) is 0 Å². The van der Waals surface area contributed by atoms with E-state index in [1.54, 1.807) is 26.4 Å². The lowest BCUT2D eigenvalue weighted by molar-refractivity contribution is -0.883. The van der Waals surface area contributed by atoms with Gasteiger partial charge in [0.1, 0.15) is 12.3 Å². The summed E-state index contributed by atoms with van der Waals surface area (Å²) in [6.07, 6.45) is 0. The molecule has 0 aromatic heterocycles. The van der Waals surface area contributed by atoms with Crippen LogP contribution in [0.5, 0.6) is 5.75 Å². The minimum Gasteiger partial charge on any atom is -0.495 e. The highest BCUT2D eigenvalue weighted by molar-refractivity contribution is 5.94. The molecule has 7 heteroatoms. The Labute approximate surface area is 172 Å². The number of nitrogens with one attached hydrogen (secondary N) is 3. The van der Waals surface area contributed by atoms with Crippen LogP contribution in [-0.2, 0) is 14.3 Å². The highest BCUT2D eigenvalue weighted by Gasteiger charge is 2.19. The molecular formula is C22H30N3O4+. The lowest BCUT2D eigenvalue weighted by Gasteiger charge is -2.19. The van der Waals surface area contributed by atoms with Crippen LogP contribution in [0, 0.1) is 13.8 Å². The van der Waals surface area contributed by atoms with Crippen molar-refractivity contribution >= 4 is 23.2 Å². The van der Waals surface area contributed by atoms with Crippen molar-refractivity contribution in [3.05, 3.63) is 53.6 Å². The van der Waals surface area contributed by atoms with Gasteiger partial charge in [0.15, 0.2) is 13.1 Å². The molecule has 3 N–H and O–H groups in total. The first-order valence-electron chi connectivity index (χ1n) is 9.56. The number of anilines is 2. The van der Waals surface area contributed by atoms with E-state index >= 15 is 0 Å². The molecule has 2 rings (SSSR count). The Balaban J connectivity index is 1.99. The van der Waals surface area contributed by atoms with E-state index < -0.39 is 0 Å². The second kappa shape index (κ2) is 11.2. The average molecular weight is 400 g/mol. The van der Waals surface area contributed by atoms with Gasteiger partial charge in [-0.15, -0.1) is 0 Å². The topological polar surface area (TPSA) is 81.1 Å². The molecule has 0 saturated carbocycles. The zero-order chi connectivity index (χ0) is 21.2. The summed E-state index contributed by atoms with van der Waals surface area (Å²) in [6.45, 7) is 5.27. The van der Waals surface area contributed by atoms with E-state index in [-0.39, 0.29) is 24.9 Å². The van der Waals surface area contributed by atoms with Crippen molar-refractivity contribution in [2.24, 2.45) is 0 Å². The molecule has 0 radical (unpaired) electrons. The van der Waals surface area contributed by atoms with Crippen LogP contribution >= 0.6 is 0 Å². The number of ether oxygens (including phenoxy) is 2. The number of amides is 2. The zero-order valence-electron chi connectivity index (χ0n) is 17.5. The van der Waals surface area contributed by atoms with Gasteiger partial charge in [-0.05, 0) is 43.2 Å². The Bertz CT molecular complexity index is 839. The maximum Gasteiger partial charge on any atom is 0.279 e. The molecule has 2 aromatic rings. The van der Waals surface area contributed by atoms with Crippen LogP contribution < -0.4 is 20.3 Å². The molecule has 0 fully saturated rings. The largest absolute Gasteiger partial charge is 0.495 e. The molecule has 0 aliphatic rings. The van der Waals surface area contributed by atoms with Crippen LogP contribution in [0.15, 0.2) is 42.5 Å². The molecule has 0 bridgehead atoms. The Kier molecular flexibility index (Phi) is 8.64. The number of carbonyl (C=O) groups is 2. The Morgan fingerprint density at radius 3 is 2.17 bits per heavy atom. The molecule has 0 saturated heterocycles. The molecule has 156 valence electrons. The van der Waals surface area contributed by atoms with Gasteiger partial charge in [0, 0.05) is 12.8 Å². The van der Waals surface area contributed by atoms with Crippen LogP contribution in [0.25, 0.3) is 0 Å². The van der Waals surface area contributed by atoms with Crippen molar-refractivity contribution in [3.8, 4) is 5.75 Å². The summed E-state index contributed by atoms with van der Waals surface area (Å²) in [7, 11) is 3.15. The molecule has 1 atom stereocenters. The van der Waals surface area contributed by atoms with Crippen LogP contribution in [0.2, 0.25) is 0 Å². The third-order valence-corrected chi connectivity index (χ3v) is 4.74. The van der Waals surface area contributed by atoms with Crippen molar-refractivity contribution in [1.29, 1.82) is 0 Å². The van der Waals surface area contributed by atoms with Crippen LogP contribution in [-0.4, -0.2) is 52.3 Å². The molecule has 0 spiro atoms. The third-order valence-electron chi connectivity index (χ3n) is 4.74. The lowest BCUT2D eigenvalue weighted by atomic mass is 10.1. The predicted molar refractivity (Wildman–Crippen MR) is 114 cm³/mol. The lowest BCUT2D eigenvalue weighted by Crippen LogP contribution is -3.14. The minimum absolute atomic E-state index is 0.141. The first kappa shape index (κ1) is 22.4. The first-order valence-corrected chi connectivity index (χ1v) is 9.56. The Morgan fingerprint density at radius 1 is 0.897 bits per heavy atom. The standard InChI is InChI=1S/C22H29N3O4/c1-16-8-7-10-18(17(16)2)23-21(26)14-25(12-13-28-3)15-22(27)24-19-9-5-6-11-20(19)29-4/h5-11H,12-15H2,1-4H3,(H,23,26)(H,24,27)/p+1. The fourth-order valence-corrected chi connectivity index (χ4v) is 2.96. The summed E-state index contributed by atoms with van der Waals surface area (Å²) in [5.41, 5.74) is 3.54. The average Bonchev–Trinajstić information content (AvgIpc) is 2.70. The smallest absolute Gasteiger partial charge is 0.279 e. The minimum atomic E-state index is -0.194. The van der Waals surface area contributed by atoms with Gasteiger partial charge in [-0.1, -0.05) is 24.3 Å². The summed E-state index contributed by atoms with van der Waals surface area (Å²) in [4.78, 5) is 25.9. The predicted octanol–water partition coefficient (Wildman–Crippen LogP) is 1.42. The monoisotopic (exact) mass is 400 g/mol. The van der Waals surface area contributed by atoms with Gasteiger partial charge in [0.25, 0.3) is 11.8 Å². The molecule has 7 nitrogen and oxygen atoms in total. The van der Waals surface area contributed by atoms with E-state index in [2.05, 4.69) is 10.6 Å². The number of rotatable bonds is 10. The first-order chi connectivity index (χ1) is 13.9. The van der Waals surface area contributed by atoms with Crippen molar-refractivity contribution in [3.63, 3.8) is 0 Å². The van der Waals surface area contributed by atoms with E-state index in [1.165, 1.54) is 0 Å². The number of methoxy groups -OCH3 is 2. The Hall–Kier alpha value is -2.90. The highest BCUT2D eigenvalue weighted by atomic mass is 16.5. The quantitative estimate of drug-likeness (QED) is 0.564.